The quantitative estimate of drug-likeness (QED) is 0.378. The molecule has 0 spiro atoms. The zero-order valence-electron chi connectivity index (χ0n) is 20.7. The number of piperazine rings is 1. The van der Waals surface area contributed by atoms with Crippen molar-refractivity contribution in [2.45, 2.75) is 6.42 Å². The molecule has 1 aliphatic rings. The molecule has 0 unspecified atom stereocenters. The average molecular weight is 499 g/mol. The van der Waals surface area contributed by atoms with E-state index in [1.165, 1.54) is 0 Å². The molecule has 37 heavy (non-hydrogen) atoms. The Balaban J connectivity index is 1.19. The van der Waals surface area contributed by atoms with E-state index in [1.54, 1.807) is 25.6 Å². The average Bonchev–Trinajstić information content (AvgIpc) is 3.39. The van der Waals surface area contributed by atoms with Crippen molar-refractivity contribution in [2.75, 3.05) is 50.1 Å². The van der Waals surface area contributed by atoms with Gasteiger partial charge in [0.1, 0.15) is 5.75 Å². The summed E-state index contributed by atoms with van der Waals surface area (Å²) < 4.78 is 6.88. The minimum absolute atomic E-state index is 0.153. The van der Waals surface area contributed by atoms with Gasteiger partial charge in [0.15, 0.2) is 0 Å². The van der Waals surface area contributed by atoms with Crippen molar-refractivity contribution in [3.05, 3.63) is 79.3 Å². The van der Waals surface area contributed by atoms with Crippen LogP contribution in [0.15, 0.2) is 79.3 Å². The van der Waals surface area contributed by atoms with Crippen LogP contribution in [0.3, 0.4) is 0 Å². The second kappa shape index (κ2) is 11.1. The van der Waals surface area contributed by atoms with Crippen LogP contribution in [0.2, 0.25) is 0 Å². The molecule has 3 heterocycles. The van der Waals surface area contributed by atoms with E-state index in [0.717, 1.165) is 54.5 Å². The molecule has 1 saturated heterocycles. The molecule has 1 amide bonds. The second-order valence-corrected chi connectivity index (χ2v) is 8.87. The monoisotopic (exact) mass is 498 g/mol. The molecular weight excluding hydrogens is 468 g/mol. The van der Waals surface area contributed by atoms with Crippen molar-refractivity contribution < 1.29 is 14.6 Å². The number of rotatable bonds is 8. The van der Waals surface area contributed by atoms with E-state index < -0.39 is 0 Å². The minimum atomic E-state index is 0.153. The lowest BCUT2D eigenvalue weighted by atomic mass is 10.1. The summed E-state index contributed by atoms with van der Waals surface area (Å²) in [6.45, 7) is 3.52. The van der Waals surface area contributed by atoms with Crippen LogP contribution in [0.5, 0.6) is 5.75 Å². The molecule has 2 aromatic carbocycles. The van der Waals surface area contributed by atoms with Gasteiger partial charge in [-0.1, -0.05) is 12.1 Å². The first-order valence-corrected chi connectivity index (χ1v) is 12.3. The maximum atomic E-state index is 12.2. The number of amides is 1. The number of nitrogens with zero attached hydrogens (tertiary/aromatic N) is 5. The van der Waals surface area contributed by atoms with E-state index in [2.05, 4.69) is 32.3 Å². The Morgan fingerprint density at radius 2 is 1.70 bits per heavy atom. The zero-order chi connectivity index (χ0) is 25.6. The lowest BCUT2D eigenvalue weighted by molar-refractivity contribution is -0.132. The summed E-state index contributed by atoms with van der Waals surface area (Å²) in [6.07, 6.45) is 5.65. The summed E-state index contributed by atoms with van der Waals surface area (Å²) in [7, 11) is 1.62. The van der Waals surface area contributed by atoms with Crippen LogP contribution in [0.4, 0.5) is 17.3 Å². The zero-order valence-corrected chi connectivity index (χ0v) is 20.7. The highest BCUT2D eigenvalue weighted by Gasteiger charge is 2.21. The van der Waals surface area contributed by atoms with Crippen molar-refractivity contribution in [2.24, 2.45) is 0 Å². The van der Waals surface area contributed by atoms with E-state index in [1.807, 2.05) is 58.1 Å². The van der Waals surface area contributed by atoms with Gasteiger partial charge in [-0.15, -0.1) is 0 Å². The molecule has 0 saturated carbocycles. The number of carbonyl (C=O) groups is 1. The number of aromatic nitrogens is 3. The van der Waals surface area contributed by atoms with Crippen LogP contribution in [0, 0.1) is 0 Å². The molecule has 190 valence electrons. The molecule has 1 aliphatic heterocycles. The van der Waals surface area contributed by atoms with Gasteiger partial charge in [0.2, 0.25) is 11.9 Å². The van der Waals surface area contributed by atoms with Crippen LogP contribution in [-0.4, -0.2) is 70.3 Å². The third kappa shape index (κ3) is 5.90. The third-order valence-corrected chi connectivity index (χ3v) is 6.44. The molecule has 4 aromatic rings. The number of hydrogen-bond acceptors (Lipinski definition) is 7. The number of aromatic hydroxyl groups is 1. The highest BCUT2D eigenvalue weighted by molar-refractivity contribution is 5.76. The molecule has 0 radical (unpaired) electrons. The predicted molar refractivity (Wildman–Crippen MR) is 143 cm³/mol. The van der Waals surface area contributed by atoms with Gasteiger partial charge in [0, 0.05) is 68.3 Å². The normalized spacial score (nSPS) is 13.5. The fourth-order valence-electron chi connectivity index (χ4n) is 4.38. The lowest BCUT2D eigenvalue weighted by Gasteiger charge is -2.36. The summed E-state index contributed by atoms with van der Waals surface area (Å²) in [5.74, 6) is 0.907. The van der Waals surface area contributed by atoms with Crippen LogP contribution in [0.25, 0.3) is 16.9 Å². The Labute approximate surface area is 216 Å². The summed E-state index contributed by atoms with van der Waals surface area (Å²) in [4.78, 5) is 25.5. The van der Waals surface area contributed by atoms with Gasteiger partial charge in [0.05, 0.1) is 24.9 Å². The van der Waals surface area contributed by atoms with Gasteiger partial charge < -0.3 is 29.5 Å². The minimum Gasteiger partial charge on any atom is -0.506 e. The number of carbonyl (C=O) groups excluding carboxylic acids is 1. The maximum absolute atomic E-state index is 12.2. The molecule has 9 nitrogen and oxygen atoms in total. The first-order valence-electron chi connectivity index (χ1n) is 12.3. The van der Waals surface area contributed by atoms with Crippen molar-refractivity contribution in [1.29, 1.82) is 0 Å². The first-order chi connectivity index (χ1) is 18.1. The Kier molecular flexibility index (Phi) is 7.32. The Hall–Kier alpha value is -4.37. The molecule has 2 aromatic heterocycles. The third-order valence-electron chi connectivity index (χ3n) is 6.44. The van der Waals surface area contributed by atoms with Gasteiger partial charge in [0.25, 0.3) is 0 Å². The largest absolute Gasteiger partial charge is 0.506 e. The van der Waals surface area contributed by atoms with Gasteiger partial charge in [-0.05, 0) is 48.5 Å². The number of benzene rings is 2. The topological polar surface area (TPSA) is 95.8 Å². The Bertz CT molecular complexity index is 1330. The molecule has 0 atom stereocenters. The van der Waals surface area contributed by atoms with E-state index in [9.17, 15) is 9.90 Å². The van der Waals surface area contributed by atoms with Crippen molar-refractivity contribution in [1.82, 2.24) is 19.4 Å². The molecule has 2 N–H and O–H groups in total. The SMILES string of the molecule is COCCC(=O)N1CCN(c2ccc(Nc3nccc(-c4ccc(-n5ccc(O)c5)cc4)n3)cc2)CC1. The van der Waals surface area contributed by atoms with Crippen LogP contribution in [-0.2, 0) is 9.53 Å². The second-order valence-electron chi connectivity index (χ2n) is 8.87. The molecule has 5 rings (SSSR count). The molecule has 0 aliphatic carbocycles. The smallest absolute Gasteiger partial charge is 0.227 e. The number of hydrogen-bond donors (Lipinski definition) is 2. The van der Waals surface area contributed by atoms with Gasteiger partial charge in [-0.2, -0.15) is 0 Å². The number of nitrogens with one attached hydrogen (secondary N) is 1. The fourth-order valence-corrected chi connectivity index (χ4v) is 4.38. The number of ether oxygens (including phenoxy) is 1. The Morgan fingerprint density at radius 1 is 0.973 bits per heavy atom. The van der Waals surface area contributed by atoms with Crippen molar-refractivity contribution >= 4 is 23.2 Å². The highest BCUT2D eigenvalue weighted by atomic mass is 16.5. The van der Waals surface area contributed by atoms with E-state index in [4.69, 9.17) is 4.74 Å². The van der Waals surface area contributed by atoms with Gasteiger partial charge >= 0.3 is 0 Å². The predicted octanol–water partition coefficient (Wildman–Crippen LogP) is 4.07. The van der Waals surface area contributed by atoms with Gasteiger partial charge in [-0.3, -0.25) is 4.79 Å². The van der Waals surface area contributed by atoms with Gasteiger partial charge in [-0.25, -0.2) is 9.97 Å². The van der Waals surface area contributed by atoms with Crippen LogP contribution < -0.4 is 10.2 Å². The van der Waals surface area contributed by atoms with E-state index >= 15 is 0 Å². The van der Waals surface area contributed by atoms with Crippen LogP contribution in [0.1, 0.15) is 6.42 Å². The Morgan fingerprint density at radius 3 is 2.38 bits per heavy atom. The first kappa shape index (κ1) is 24.3. The lowest BCUT2D eigenvalue weighted by Crippen LogP contribution is -2.49. The maximum Gasteiger partial charge on any atom is 0.227 e. The molecule has 1 fully saturated rings. The molecule has 9 heteroatoms. The van der Waals surface area contributed by atoms with E-state index in [0.29, 0.717) is 19.0 Å². The highest BCUT2D eigenvalue weighted by Crippen LogP contribution is 2.24. The summed E-state index contributed by atoms with van der Waals surface area (Å²) in [6, 6.07) is 19.7. The summed E-state index contributed by atoms with van der Waals surface area (Å²) in [5, 5.41) is 12.9. The van der Waals surface area contributed by atoms with Crippen molar-refractivity contribution in [3.63, 3.8) is 0 Å². The molecular formula is C28H30N6O3. The standard InChI is InChI=1S/C28H30N6O3/c1-37-19-12-27(36)33-17-15-32(16-18-33)23-8-4-22(5-9-23)30-28-29-13-10-26(31-28)21-2-6-24(7-3-21)34-14-11-25(35)20-34/h2-11,13-14,20,35H,12,15-19H2,1H3,(H,29,30,31). The number of anilines is 3. The van der Waals surface area contributed by atoms with Crippen molar-refractivity contribution in [3.8, 4) is 22.7 Å². The fraction of sp³-hybridized carbons (Fsp3) is 0.250. The number of methoxy groups -OCH3 is 1. The summed E-state index contributed by atoms with van der Waals surface area (Å²) in [5.41, 5.74) is 4.77. The summed E-state index contributed by atoms with van der Waals surface area (Å²) >= 11 is 0. The van der Waals surface area contributed by atoms with E-state index in [-0.39, 0.29) is 11.7 Å². The molecule has 0 bridgehead atoms. The van der Waals surface area contributed by atoms with Crippen LogP contribution >= 0.6 is 0 Å².